The molecule has 0 unspecified atom stereocenters. The van der Waals surface area contributed by atoms with E-state index in [0.717, 1.165) is 5.56 Å². The lowest BCUT2D eigenvalue weighted by Gasteiger charge is -2.07. The summed E-state index contributed by atoms with van der Waals surface area (Å²) in [7, 11) is 0. The molecule has 2 aromatic rings. The molecule has 0 spiro atoms. The topological polar surface area (TPSA) is 68.5 Å². The Hall–Kier alpha value is -2.27. The third-order valence-electron chi connectivity index (χ3n) is 3.03. The van der Waals surface area contributed by atoms with Gasteiger partial charge in [-0.05, 0) is 31.5 Å². The smallest absolute Gasteiger partial charge is 0.342 e. The van der Waals surface area contributed by atoms with E-state index < -0.39 is 11.9 Å². The third-order valence-corrected chi connectivity index (χ3v) is 3.40. The average molecular weight is 322 g/mol. The summed E-state index contributed by atoms with van der Waals surface area (Å²) in [6.45, 7) is 3.33. The Morgan fingerprint density at radius 1 is 1.27 bits per heavy atom. The standard InChI is InChI=1S/C16H16ClNO4/c1-10-7-13(11(2)22-10)16(20)21-9-15(19)18-8-12-5-3-4-6-14(12)17/h3-7H,8-9H2,1-2H3,(H,18,19). The van der Waals surface area contributed by atoms with E-state index in [1.54, 1.807) is 26.0 Å². The number of carbonyl (C=O) groups excluding carboxylic acids is 2. The second-order valence-electron chi connectivity index (χ2n) is 4.77. The zero-order valence-corrected chi connectivity index (χ0v) is 13.1. The fourth-order valence-corrected chi connectivity index (χ4v) is 2.13. The van der Waals surface area contributed by atoms with Gasteiger partial charge in [0, 0.05) is 11.6 Å². The molecule has 0 aliphatic rings. The van der Waals surface area contributed by atoms with Crippen LogP contribution in [0.25, 0.3) is 0 Å². The van der Waals surface area contributed by atoms with Gasteiger partial charge in [-0.2, -0.15) is 0 Å². The minimum absolute atomic E-state index is 0.278. The van der Waals surface area contributed by atoms with Gasteiger partial charge in [-0.15, -0.1) is 0 Å². The Morgan fingerprint density at radius 3 is 2.64 bits per heavy atom. The summed E-state index contributed by atoms with van der Waals surface area (Å²) in [5.74, 6) is 0.111. The predicted molar refractivity (Wildman–Crippen MR) is 81.8 cm³/mol. The van der Waals surface area contributed by atoms with Crippen LogP contribution in [-0.2, 0) is 16.1 Å². The first-order chi connectivity index (χ1) is 10.5. The number of furan rings is 1. The third kappa shape index (κ3) is 4.11. The fraction of sp³-hybridized carbons (Fsp3) is 0.250. The molecule has 1 heterocycles. The normalized spacial score (nSPS) is 10.3. The van der Waals surface area contributed by atoms with Gasteiger partial charge in [0.15, 0.2) is 6.61 Å². The van der Waals surface area contributed by atoms with Crippen molar-refractivity contribution in [1.29, 1.82) is 0 Å². The number of hydrogen-bond acceptors (Lipinski definition) is 4. The molecular weight excluding hydrogens is 306 g/mol. The second-order valence-corrected chi connectivity index (χ2v) is 5.18. The highest BCUT2D eigenvalue weighted by molar-refractivity contribution is 6.31. The van der Waals surface area contributed by atoms with E-state index >= 15 is 0 Å². The van der Waals surface area contributed by atoms with Crippen LogP contribution in [0.4, 0.5) is 0 Å². The number of esters is 1. The van der Waals surface area contributed by atoms with Crippen LogP contribution in [0.1, 0.15) is 27.4 Å². The maximum atomic E-state index is 11.8. The Balaban J connectivity index is 1.82. The monoisotopic (exact) mass is 321 g/mol. The first-order valence-electron chi connectivity index (χ1n) is 6.71. The molecule has 0 aliphatic heterocycles. The quantitative estimate of drug-likeness (QED) is 0.859. The van der Waals surface area contributed by atoms with Crippen LogP contribution in [0.5, 0.6) is 0 Å². The van der Waals surface area contributed by atoms with Crippen molar-refractivity contribution in [2.24, 2.45) is 0 Å². The number of halogens is 1. The number of amides is 1. The summed E-state index contributed by atoms with van der Waals surface area (Å²) >= 11 is 5.99. The number of rotatable bonds is 5. The van der Waals surface area contributed by atoms with E-state index in [-0.39, 0.29) is 13.2 Å². The maximum Gasteiger partial charge on any atom is 0.342 e. The van der Waals surface area contributed by atoms with Gasteiger partial charge in [0.05, 0.1) is 0 Å². The van der Waals surface area contributed by atoms with Crippen molar-refractivity contribution < 1.29 is 18.7 Å². The number of carbonyl (C=O) groups is 2. The van der Waals surface area contributed by atoms with Crippen molar-refractivity contribution >= 4 is 23.5 Å². The Bertz CT molecular complexity index is 693. The van der Waals surface area contributed by atoms with Gasteiger partial charge in [0.2, 0.25) is 0 Å². The van der Waals surface area contributed by atoms with Crippen molar-refractivity contribution in [3.05, 3.63) is 58.0 Å². The first-order valence-corrected chi connectivity index (χ1v) is 7.09. The number of benzene rings is 1. The van der Waals surface area contributed by atoms with Crippen molar-refractivity contribution in [3.63, 3.8) is 0 Å². The zero-order valence-electron chi connectivity index (χ0n) is 12.3. The van der Waals surface area contributed by atoms with Gasteiger partial charge in [0.25, 0.3) is 5.91 Å². The number of nitrogens with one attached hydrogen (secondary N) is 1. The molecular formula is C16H16ClNO4. The number of aryl methyl sites for hydroxylation is 2. The van der Waals surface area contributed by atoms with Crippen molar-refractivity contribution in [3.8, 4) is 0 Å². The van der Waals surface area contributed by atoms with E-state index in [0.29, 0.717) is 22.1 Å². The van der Waals surface area contributed by atoms with E-state index in [2.05, 4.69) is 5.32 Å². The molecule has 116 valence electrons. The molecule has 6 heteroatoms. The Morgan fingerprint density at radius 2 is 2.00 bits per heavy atom. The minimum atomic E-state index is -0.581. The van der Waals surface area contributed by atoms with E-state index in [4.69, 9.17) is 20.8 Å². The molecule has 0 bridgehead atoms. The van der Waals surface area contributed by atoms with Crippen LogP contribution in [0, 0.1) is 13.8 Å². The lowest BCUT2D eigenvalue weighted by atomic mass is 10.2. The SMILES string of the molecule is Cc1cc(C(=O)OCC(=O)NCc2ccccc2Cl)c(C)o1. The van der Waals surface area contributed by atoms with Gasteiger partial charge in [0.1, 0.15) is 17.1 Å². The van der Waals surface area contributed by atoms with Gasteiger partial charge in [-0.25, -0.2) is 4.79 Å². The summed E-state index contributed by atoms with van der Waals surface area (Å²) in [6, 6.07) is 8.78. The maximum absolute atomic E-state index is 11.8. The number of ether oxygens (including phenoxy) is 1. The van der Waals surface area contributed by atoms with Crippen LogP contribution in [0.15, 0.2) is 34.7 Å². The van der Waals surface area contributed by atoms with Gasteiger partial charge < -0.3 is 14.5 Å². The van der Waals surface area contributed by atoms with Crippen molar-refractivity contribution in [2.75, 3.05) is 6.61 Å². The zero-order chi connectivity index (χ0) is 16.1. The summed E-state index contributed by atoms with van der Waals surface area (Å²) in [4.78, 5) is 23.5. The molecule has 0 saturated heterocycles. The predicted octanol–water partition coefficient (Wildman–Crippen LogP) is 3.02. The lowest BCUT2D eigenvalue weighted by Crippen LogP contribution is -2.28. The Labute approximate surface area is 133 Å². The minimum Gasteiger partial charge on any atom is -0.466 e. The van der Waals surface area contributed by atoms with Crippen LogP contribution >= 0.6 is 11.6 Å². The number of hydrogen-bond donors (Lipinski definition) is 1. The summed E-state index contributed by atoms with van der Waals surface area (Å²) < 4.78 is 10.2. The van der Waals surface area contributed by atoms with E-state index in [1.807, 2.05) is 18.2 Å². The molecule has 1 N–H and O–H groups in total. The molecule has 0 atom stereocenters. The second kappa shape index (κ2) is 7.13. The summed E-state index contributed by atoms with van der Waals surface area (Å²) in [6.07, 6.45) is 0. The van der Waals surface area contributed by atoms with Crippen LogP contribution < -0.4 is 5.32 Å². The van der Waals surface area contributed by atoms with Crippen LogP contribution in [-0.4, -0.2) is 18.5 Å². The van der Waals surface area contributed by atoms with Gasteiger partial charge in [-0.3, -0.25) is 4.79 Å². The molecule has 0 aliphatic carbocycles. The lowest BCUT2D eigenvalue weighted by molar-refractivity contribution is -0.124. The molecule has 0 radical (unpaired) electrons. The van der Waals surface area contributed by atoms with Crippen LogP contribution in [0.2, 0.25) is 5.02 Å². The largest absolute Gasteiger partial charge is 0.466 e. The fourth-order valence-electron chi connectivity index (χ4n) is 1.93. The van der Waals surface area contributed by atoms with Crippen molar-refractivity contribution in [2.45, 2.75) is 20.4 Å². The molecule has 5 nitrogen and oxygen atoms in total. The molecule has 1 aromatic heterocycles. The summed E-state index contributed by atoms with van der Waals surface area (Å²) in [5, 5.41) is 3.22. The molecule has 1 amide bonds. The highest BCUT2D eigenvalue weighted by Crippen LogP contribution is 2.15. The van der Waals surface area contributed by atoms with E-state index in [9.17, 15) is 9.59 Å². The Kier molecular flexibility index (Phi) is 5.22. The molecule has 0 fully saturated rings. The van der Waals surface area contributed by atoms with Gasteiger partial charge >= 0.3 is 5.97 Å². The average Bonchev–Trinajstić information content (AvgIpc) is 2.82. The van der Waals surface area contributed by atoms with Gasteiger partial charge in [-0.1, -0.05) is 29.8 Å². The van der Waals surface area contributed by atoms with Crippen LogP contribution in [0.3, 0.4) is 0 Å². The molecule has 22 heavy (non-hydrogen) atoms. The van der Waals surface area contributed by atoms with E-state index in [1.165, 1.54) is 0 Å². The van der Waals surface area contributed by atoms with Crippen molar-refractivity contribution in [1.82, 2.24) is 5.32 Å². The first kappa shape index (κ1) is 16.1. The molecule has 2 rings (SSSR count). The highest BCUT2D eigenvalue weighted by atomic mass is 35.5. The summed E-state index contributed by atoms with van der Waals surface area (Å²) in [5.41, 5.74) is 1.13. The highest BCUT2D eigenvalue weighted by Gasteiger charge is 2.16. The molecule has 0 saturated carbocycles. The molecule has 1 aromatic carbocycles.